The van der Waals surface area contributed by atoms with Crippen LogP contribution in [0.4, 0.5) is 5.69 Å². The minimum atomic E-state index is -0.103. The Balaban J connectivity index is 1.77. The zero-order valence-corrected chi connectivity index (χ0v) is 16.4. The lowest BCUT2D eigenvalue weighted by Crippen LogP contribution is -2.27. The Morgan fingerprint density at radius 2 is 1.77 bits per heavy atom. The van der Waals surface area contributed by atoms with Crippen LogP contribution in [0.3, 0.4) is 0 Å². The van der Waals surface area contributed by atoms with E-state index in [0.29, 0.717) is 5.02 Å². The highest BCUT2D eigenvalue weighted by Crippen LogP contribution is 2.48. The van der Waals surface area contributed by atoms with Crippen LogP contribution in [0.1, 0.15) is 21.4 Å². The van der Waals surface area contributed by atoms with Gasteiger partial charge in [0, 0.05) is 15.6 Å². The van der Waals surface area contributed by atoms with Crippen molar-refractivity contribution in [2.75, 3.05) is 4.90 Å². The number of aryl methyl sites for hydroxylation is 1. The zero-order chi connectivity index (χ0) is 18.1. The lowest BCUT2D eigenvalue weighted by Gasteiger charge is -2.24. The number of anilines is 1. The van der Waals surface area contributed by atoms with Gasteiger partial charge in [-0.15, -0.1) is 11.3 Å². The zero-order valence-electron chi connectivity index (χ0n) is 14.1. The van der Waals surface area contributed by atoms with Gasteiger partial charge in [-0.25, -0.2) is 0 Å². The molecule has 1 saturated heterocycles. The van der Waals surface area contributed by atoms with Crippen molar-refractivity contribution in [1.29, 1.82) is 0 Å². The number of halogens is 1. The fourth-order valence-electron chi connectivity index (χ4n) is 2.85. The summed E-state index contributed by atoms with van der Waals surface area (Å²) in [6.07, 6.45) is 1.98. The van der Waals surface area contributed by atoms with E-state index in [4.69, 9.17) is 11.6 Å². The fourth-order valence-corrected chi connectivity index (χ4v) is 4.96. The standard InChI is InChI=1S/C21H16ClNOS2/c1-14-4-10-17(11-5-14)23-20(24)19(13-18-3-2-12-25-18)26-21(23)15-6-8-16(22)9-7-15/h2-13,21H,1H3. The molecule has 0 N–H and O–H groups in total. The Bertz CT molecular complexity index is 947. The van der Waals surface area contributed by atoms with Crippen molar-refractivity contribution < 1.29 is 4.79 Å². The molecule has 0 spiro atoms. The predicted molar refractivity (Wildman–Crippen MR) is 113 cm³/mol. The van der Waals surface area contributed by atoms with Crippen LogP contribution in [0.5, 0.6) is 0 Å². The molecule has 1 atom stereocenters. The molecule has 1 aromatic heterocycles. The van der Waals surface area contributed by atoms with Crippen LogP contribution in [-0.2, 0) is 4.79 Å². The number of rotatable bonds is 3. The molecule has 4 rings (SSSR count). The van der Waals surface area contributed by atoms with Gasteiger partial charge in [0.05, 0.1) is 4.91 Å². The first-order valence-corrected chi connectivity index (χ1v) is 10.3. The van der Waals surface area contributed by atoms with Crippen molar-refractivity contribution in [3.05, 3.63) is 92.0 Å². The van der Waals surface area contributed by atoms with Crippen LogP contribution in [-0.4, -0.2) is 5.91 Å². The van der Waals surface area contributed by atoms with E-state index in [1.54, 1.807) is 23.1 Å². The molecular weight excluding hydrogens is 382 g/mol. The highest BCUT2D eigenvalue weighted by molar-refractivity contribution is 8.05. The monoisotopic (exact) mass is 397 g/mol. The minimum absolute atomic E-state index is 0.0344. The summed E-state index contributed by atoms with van der Waals surface area (Å²) >= 11 is 9.26. The third-order valence-electron chi connectivity index (χ3n) is 4.19. The van der Waals surface area contributed by atoms with Crippen LogP contribution in [0, 0.1) is 6.92 Å². The molecule has 1 aliphatic rings. The van der Waals surface area contributed by atoms with Crippen molar-refractivity contribution in [2.45, 2.75) is 12.3 Å². The largest absolute Gasteiger partial charge is 0.291 e. The van der Waals surface area contributed by atoms with E-state index in [-0.39, 0.29) is 11.3 Å². The van der Waals surface area contributed by atoms with Crippen molar-refractivity contribution in [2.24, 2.45) is 0 Å². The maximum absolute atomic E-state index is 13.2. The van der Waals surface area contributed by atoms with Crippen LogP contribution >= 0.6 is 34.7 Å². The first-order valence-electron chi connectivity index (χ1n) is 8.19. The van der Waals surface area contributed by atoms with Gasteiger partial charge in [-0.1, -0.05) is 59.3 Å². The summed E-state index contributed by atoms with van der Waals surface area (Å²) in [5, 5.41) is 2.61. The summed E-state index contributed by atoms with van der Waals surface area (Å²) in [4.78, 5) is 16.9. The number of carbonyl (C=O) groups excluding carboxylic acids is 1. The molecule has 0 radical (unpaired) electrons. The fraction of sp³-hybridized carbons (Fsp3) is 0.0952. The van der Waals surface area contributed by atoms with Gasteiger partial charge in [-0.3, -0.25) is 9.69 Å². The second-order valence-corrected chi connectivity index (χ2v) is 8.59. The van der Waals surface area contributed by atoms with E-state index in [1.165, 1.54) is 5.56 Å². The van der Waals surface area contributed by atoms with Gasteiger partial charge >= 0.3 is 0 Å². The van der Waals surface area contributed by atoms with Gasteiger partial charge in [0.2, 0.25) is 0 Å². The Morgan fingerprint density at radius 3 is 2.42 bits per heavy atom. The molecule has 1 aliphatic heterocycles. The number of hydrogen-bond acceptors (Lipinski definition) is 3. The maximum Gasteiger partial charge on any atom is 0.266 e. The highest BCUT2D eigenvalue weighted by atomic mass is 35.5. The lowest BCUT2D eigenvalue weighted by molar-refractivity contribution is -0.114. The molecule has 1 amide bonds. The number of amides is 1. The number of hydrogen-bond donors (Lipinski definition) is 0. The molecule has 2 heterocycles. The summed E-state index contributed by atoms with van der Waals surface area (Å²) in [7, 11) is 0. The molecule has 26 heavy (non-hydrogen) atoms. The van der Waals surface area contributed by atoms with E-state index in [1.807, 2.05) is 83.9 Å². The number of benzene rings is 2. The number of thiophene rings is 1. The summed E-state index contributed by atoms with van der Waals surface area (Å²) in [6, 6.07) is 19.8. The van der Waals surface area contributed by atoms with Crippen molar-refractivity contribution in [3.8, 4) is 0 Å². The second-order valence-electron chi connectivity index (χ2n) is 6.06. The van der Waals surface area contributed by atoms with Gasteiger partial charge in [0.1, 0.15) is 5.37 Å². The smallest absolute Gasteiger partial charge is 0.266 e. The molecule has 0 bridgehead atoms. The Morgan fingerprint density at radius 1 is 1.04 bits per heavy atom. The third-order valence-corrected chi connectivity index (χ3v) is 6.51. The molecule has 2 aromatic carbocycles. The average Bonchev–Trinajstić information content (AvgIpc) is 3.26. The van der Waals surface area contributed by atoms with E-state index < -0.39 is 0 Å². The number of nitrogens with zero attached hydrogens (tertiary/aromatic N) is 1. The molecule has 130 valence electrons. The molecule has 1 fully saturated rings. The normalized spacial score (nSPS) is 18.7. The number of thioether (sulfide) groups is 1. The maximum atomic E-state index is 13.2. The Labute approximate surface area is 166 Å². The predicted octanol–water partition coefficient (Wildman–Crippen LogP) is 6.53. The highest BCUT2D eigenvalue weighted by Gasteiger charge is 2.38. The van der Waals surface area contributed by atoms with Gasteiger partial charge in [-0.2, -0.15) is 0 Å². The van der Waals surface area contributed by atoms with Crippen LogP contribution in [0.25, 0.3) is 6.08 Å². The Hall–Kier alpha value is -2.01. The summed E-state index contributed by atoms with van der Waals surface area (Å²) in [5.41, 5.74) is 3.14. The molecular formula is C21H16ClNOS2. The Kier molecular flexibility index (Phi) is 4.90. The summed E-state index contributed by atoms with van der Waals surface area (Å²) in [6.45, 7) is 2.04. The van der Waals surface area contributed by atoms with Crippen LogP contribution in [0.2, 0.25) is 5.02 Å². The molecule has 0 aliphatic carbocycles. The third kappa shape index (κ3) is 3.45. The topological polar surface area (TPSA) is 20.3 Å². The van der Waals surface area contributed by atoms with E-state index >= 15 is 0 Å². The molecule has 2 nitrogen and oxygen atoms in total. The first kappa shape index (κ1) is 17.4. The summed E-state index contributed by atoms with van der Waals surface area (Å²) < 4.78 is 0. The van der Waals surface area contributed by atoms with E-state index in [9.17, 15) is 4.79 Å². The molecule has 1 unspecified atom stereocenters. The summed E-state index contributed by atoms with van der Waals surface area (Å²) in [5.74, 6) is 0.0344. The van der Waals surface area contributed by atoms with Crippen LogP contribution in [0.15, 0.2) is 70.9 Å². The first-order chi connectivity index (χ1) is 12.6. The minimum Gasteiger partial charge on any atom is -0.291 e. The molecule has 0 saturated carbocycles. The SMILES string of the molecule is Cc1ccc(N2C(=O)C(=Cc3cccs3)SC2c2ccc(Cl)cc2)cc1. The van der Waals surface area contributed by atoms with Crippen molar-refractivity contribution in [3.63, 3.8) is 0 Å². The van der Waals surface area contributed by atoms with Crippen molar-refractivity contribution in [1.82, 2.24) is 0 Å². The van der Waals surface area contributed by atoms with Crippen LogP contribution < -0.4 is 4.90 Å². The van der Waals surface area contributed by atoms with Gasteiger partial charge < -0.3 is 0 Å². The van der Waals surface area contributed by atoms with E-state index in [2.05, 4.69) is 0 Å². The van der Waals surface area contributed by atoms with E-state index in [0.717, 1.165) is 21.0 Å². The van der Waals surface area contributed by atoms with Crippen molar-refractivity contribution >= 4 is 52.4 Å². The average molecular weight is 398 g/mol. The lowest BCUT2D eigenvalue weighted by atomic mass is 10.1. The quantitative estimate of drug-likeness (QED) is 0.468. The molecule has 3 aromatic rings. The van der Waals surface area contributed by atoms with Gasteiger partial charge in [-0.05, 0) is 54.3 Å². The van der Waals surface area contributed by atoms with Gasteiger partial charge in [0.15, 0.2) is 0 Å². The molecule has 5 heteroatoms. The second kappa shape index (κ2) is 7.31. The van der Waals surface area contributed by atoms with Gasteiger partial charge in [0.25, 0.3) is 5.91 Å². The number of carbonyl (C=O) groups is 1.